The molecule has 0 amide bonds. The average Bonchev–Trinajstić information content (AvgIpc) is 2.04. The van der Waals surface area contributed by atoms with Crippen LogP contribution in [0.3, 0.4) is 0 Å². The highest BCUT2D eigenvalue weighted by molar-refractivity contribution is 9.11. The minimum atomic E-state index is 0.542. The fourth-order valence-corrected chi connectivity index (χ4v) is 1.96. The van der Waals surface area contributed by atoms with Crippen LogP contribution in [0.25, 0.3) is 11.0 Å². The van der Waals surface area contributed by atoms with Gasteiger partial charge >= 0.3 is 0 Å². The van der Waals surface area contributed by atoms with E-state index in [0.29, 0.717) is 10.4 Å². The Morgan fingerprint density at radius 1 is 1.17 bits per heavy atom. The van der Waals surface area contributed by atoms with E-state index in [1.807, 2.05) is 12.1 Å². The topological polar surface area (TPSA) is 38.7 Å². The molecule has 5 heteroatoms. The van der Waals surface area contributed by atoms with Crippen molar-refractivity contribution in [2.75, 3.05) is 0 Å². The van der Waals surface area contributed by atoms with Gasteiger partial charge in [-0.05, 0) is 44.0 Å². The van der Waals surface area contributed by atoms with Crippen molar-refractivity contribution in [3.63, 3.8) is 0 Å². The first kappa shape index (κ1) is 8.07. The molecule has 3 nitrogen and oxygen atoms in total. The number of aromatic nitrogens is 3. The van der Waals surface area contributed by atoms with Gasteiger partial charge in [0.15, 0.2) is 10.4 Å². The second kappa shape index (κ2) is 3.06. The Kier molecular flexibility index (Phi) is 2.06. The lowest BCUT2D eigenvalue weighted by Gasteiger charge is -1.97. The van der Waals surface area contributed by atoms with Crippen molar-refractivity contribution in [3.8, 4) is 0 Å². The molecule has 0 saturated heterocycles. The summed E-state index contributed by atoms with van der Waals surface area (Å²) >= 11 is 6.52. The zero-order valence-electron chi connectivity index (χ0n) is 5.83. The minimum absolute atomic E-state index is 0.542. The molecule has 2 aromatic heterocycles. The summed E-state index contributed by atoms with van der Waals surface area (Å²) in [5, 5.41) is 0.917. The van der Waals surface area contributed by atoms with Crippen LogP contribution in [0.1, 0.15) is 0 Å². The van der Waals surface area contributed by atoms with E-state index in [2.05, 4.69) is 46.8 Å². The van der Waals surface area contributed by atoms with Gasteiger partial charge in [-0.15, -0.1) is 0 Å². The Labute approximate surface area is 85.5 Å². The van der Waals surface area contributed by atoms with Crippen molar-refractivity contribution in [1.29, 1.82) is 0 Å². The van der Waals surface area contributed by atoms with Crippen molar-refractivity contribution in [2.45, 2.75) is 0 Å². The first-order valence-electron chi connectivity index (χ1n) is 3.21. The van der Waals surface area contributed by atoms with E-state index < -0.39 is 0 Å². The van der Waals surface area contributed by atoms with E-state index in [1.165, 1.54) is 0 Å². The molecule has 0 fully saturated rings. The van der Waals surface area contributed by atoms with Gasteiger partial charge in [0.1, 0.15) is 4.60 Å². The molecule has 0 N–H and O–H groups in total. The van der Waals surface area contributed by atoms with E-state index in [0.717, 1.165) is 9.99 Å². The predicted molar refractivity (Wildman–Crippen MR) is 52.7 cm³/mol. The van der Waals surface area contributed by atoms with Crippen LogP contribution in [0, 0.1) is 0 Å². The molecule has 0 spiro atoms. The summed E-state index contributed by atoms with van der Waals surface area (Å²) in [6, 6.07) is 3.77. The maximum absolute atomic E-state index is 4.10. The normalized spacial score (nSPS) is 10.5. The average molecular weight is 289 g/mol. The maximum Gasteiger partial charge on any atom is 0.199 e. The van der Waals surface area contributed by atoms with E-state index in [4.69, 9.17) is 0 Å². The van der Waals surface area contributed by atoms with Crippen LogP contribution in [0.15, 0.2) is 27.7 Å². The molecule has 0 aromatic carbocycles. The summed E-state index contributed by atoms with van der Waals surface area (Å²) < 4.78 is 1.30. The third kappa shape index (κ3) is 1.34. The highest BCUT2D eigenvalue weighted by Crippen LogP contribution is 2.20. The third-order valence-corrected chi connectivity index (χ3v) is 2.36. The van der Waals surface area contributed by atoms with E-state index >= 15 is 0 Å². The largest absolute Gasteiger partial charge is 0.236 e. The van der Waals surface area contributed by atoms with Gasteiger partial charge in [-0.2, -0.15) is 0 Å². The second-order valence-corrected chi connectivity index (χ2v) is 3.62. The molecule has 0 saturated carbocycles. The van der Waals surface area contributed by atoms with E-state index in [9.17, 15) is 0 Å². The first-order chi connectivity index (χ1) is 5.77. The first-order valence-corrected chi connectivity index (χ1v) is 4.80. The van der Waals surface area contributed by atoms with Gasteiger partial charge in [0.25, 0.3) is 0 Å². The third-order valence-electron chi connectivity index (χ3n) is 1.40. The van der Waals surface area contributed by atoms with Gasteiger partial charge < -0.3 is 0 Å². The number of fused-ring (bicyclic) bond motifs is 1. The number of halogens is 2. The van der Waals surface area contributed by atoms with Crippen molar-refractivity contribution in [2.24, 2.45) is 0 Å². The molecule has 2 aromatic rings. The van der Waals surface area contributed by atoms with Crippen molar-refractivity contribution in [1.82, 2.24) is 15.0 Å². The zero-order valence-corrected chi connectivity index (χ0v) is 9.00. The number of rotatable bonds is 0. The highest BCUT2D eigenvalue weighted by Gasteiger charge is 2.02. The number of hydrogen-bond acceptors (Lipinski definition) is 3. The molecule has 0 unspecified atom stereocenters. The summed E-state index contributed by atoms with van der Waals surface area (Å²) in [6.07, 6.45) is 1.70. The lowest BCUT2D eigenvalue weighted by Crippen LogP contribution is -1.88. The fraction of sp³-hybridized carbons (Fsp3) is 0. The summed E-state index contributed by atoms with van der Waals surface area (Å²) in [5.74, 6) is 0. The molecule has 2 heterocycles. The molecule has 60 valence electrons. The van der Waals surface area contributed by atoms with Crippen molar-refractivity contribution >= 4 is 42.9 Å². The molecule has 0 bridgehead atoms. The number of nitrogens with zero attached hydrogens (tertiary/aromatic N) is 3. The van der Waals surface area contributed by atoms with Gasteiger partial charge in [0.05, 0.1) is 5.39 Å². The summed E-state index contributed by atoms with van der Waals surface area (Å²) in [6.45, 7) is 0. The van der Waals surface area contributed by atoms with E-state index in [1.54, 1.807) is 6.20 Å². The van der Waals surface area contributed by atoms with Gasteiger partial charge in [-0.25, -0.2) is 15.0 Å². The SMILES string of the molecule is Brc1nc(Br)c2cccnc2n1. The molecular weight excluding hydrogens is 286 g/mol. The van der Waals surface area contributed by atoms with Crippen LogP contribution in [0.4, 0.5) is 0 Å². The Morgan fingerprint density at radius 3 is 2.83 bits per heavy atom. The fourth-order valence-electron chi connectivity index (χ4n) is 0.901. The molecule has 0 radical (unpaired) electrons. The van der Waals surface area contributed by atoms with Gasteiger partial charge in [-0.3, -0.25) is 0 Å². The summed E-state index contributed by atoms with van der Waals surface area (Å²) in [5.41, 5.74) is 0.686. The van der Waals surface area contributed by atoms with Gasteiger partial charge in [0.2, 0.25) is 0 Å². The molecule has 0 aliphatic rings. The monoisotopic (exact) mass is 287 g/mol. The summed E-state index contributed by atoms with van der Waals surface area (Å²) in [4.78, 5) is 12.3. The Morgan fingerprint density at radius 2 is 2.00 bits per heavy atom. The van der Waals surface area contributed by atoms with Crippen LogP contribution in [0.2, 0.25) is 0 Å². The summed E-state index contributed by atoms with van der Waals surface area (Å²) in [7, 11) is 0. The Bertz CT molecular complexity index is 430. The van der Waals surface area contributed by atoms with Crippen molar-refractivity contribution in [3.05, 3.63) is 27.7 Å². The molecule has 0 aliphatic heterocycles. The van der Waals surface area contributed by atoms with Crippen molar-refractivity contribution < 1.29 is 0 Å². The van der Waals surface area contributed by atoms with Crippen LogP contribution in [-0.4, -0.2) is 15.0 Å². The molecule has 0 aliphatic carbocycles. The van der Waals surface area contributed by atoms with Crippen LogP contribution in [0.5, 0.6) is 0 Å². The highest BCUT2D eigenvalue weighted by atomic mass is 79.9. The Balaban J connectivity index is 2.89. The zero-order chi connectivity index (χ0) is 8.55. The quantitative estimate of drug-likeness (QED) is 0.552. The van der Waals surface area contributed by atoms with Gasteiger partial charge in [0, 0.05) is 6.20 Å². The second-order valence-electron chi connectivity index (χ2n) is 2.16. The van der Waals surface area contributed by atoms with Crippen LogP contribution >= 0.6 is 31.9 Å². The maximum atomic E-state index is 4.10. The number of hydrogen-bond donors (Lipinski definition) is 0. The molecular formula is C7H3Br2N3. The molecule has 12 heavy (non-hydrogen) atoms. The predicted octanol–water partition coefficient (Wildman–Crippen LogP) is 2.55. The molecule has 0 atom stereocenters. The van der Waals surface area contributed by atoms with E-state index in [-0.39, 0.29) is 0 Å². The van der Waals surface area contributed by atoms with Crippen LogP contribution in [-0.2, 0) is 0 Å². The van der Waals surface area contributed by atoms with Crippen LogP contribution < -0.4 is 0 Å². The minimum Gasteiger partial charge on any atom is -0.236 e. The molecule has 2 rings (SSSR count). The lowest BCUT2D eigenvalue weighted by atomic mass is 10.3. The Hall–Kier alpha value is -0.550. The smallest absolute Gasteiger partial charge is 0.199 e. The lowest BCUT2D eigenvalue weighted by molar-refractivity contribution is 1.11. The number of pyridine rings is 1. The van der Waals surface area contributed by atoms with Gasteiger partial charge in [-0.1, -0.05) is 0 Å². The standard InChI is InChI=1S/C7H3Br2N3/c8-5-4-2-1-3-10-6(4)12-7(9)11-5/h1-3H.